The minimum absolute atomic E-state index is 0.0792. The Morgan fingerprint density at radius 1 is 0.708 bits per heavy atom. The lowest BCUT2D eigenvalue weighted by molar-refractivity contribution is 0.483. The Bertz CT molecular complexity index is 970. The summed E-state index contributed by atoms with van der Waals surface area (Å²) in [5.74, 6) is 0. The Balaban J connectivity index is 2.34. The van der Waals surface area contributed by atoms with Gasteiger partial charge in [0.2, 0.25) is 0 Å². The van der Waals surface area contributed by atoms with Gasteiger partial charge in [0.25, 0.3) is 10.1 Å². The van der Waals surface area contributed by atoms with Gasteiger partial charge in [-0.25, -0.2) is 0 Å². The summed E-state index contributed by atoms with van der Waals surface area (Å²) >= 11 is 0. The predicted octanol–water partition coefficient (Wildman–Crippen LogP) is 4.88. The van der Waals surface area contributed by atoms with Gasteiger partial charge >= 0.3 is 0 Å². The van der Waals surface area contributed by atoms with Gasteiger partial charge in [0.05, 0.1) is 0 Å². The first-order valence-electron chi connectivity index (χ1n) is 7.61. The first kappa shape index (κ1) is 16.4. The standard InChI is InChI=1S/C20H18O3S/c1-14-6-10-16(11-7-14)18-4-3-5-19(24(21,22)23)20(18)17-12-8-15(2)9-13-17/h3-13H,1-2H3,(H,21,22,23). The second-order valence-electron chi connectivity index (χ2n) is 5.89. The van der Waals surface area contributed by atoms with Crippen LogP contribution in [-0.2, 0) is 10.1 Å². The van der Waals surface area contributed by atoms with E-state index in [9.17, 15) is 13.0 Å². The molecule has 0 spiro atoms. The lowest BCUT2D eigenvalue weighted by Gasteiger charge is -2.14. The maximum Gasteiger partial charge on any atom is 0.295 e. The van der Waals surface area contributed by atoms with Crippen LogP contribution in [0.3, 0.4) is 0 Å². The number of hydrogen-bond acceptors (Lipinski definition) is 2. The summed E-state index contributed by atoms with van der Waals surface area (Å²) in [6.07, 6.45) is 0. The van der Waals surface area contributed by atoms with Crippen molar-refractivity contribution in [3.8, 4) is 22.3 Å². The van der Waals surface area contributed by atoms with E-state index in [-0.39, 0.29) is 4.90 Å². The molecule has 3 aromatic carbocycles. The average Bonchev–Trinajstić information content (AvgIpc) is 2.55. The van der Waals surface area contributed by atoms with Crippen molar-refractivity contribution in [2.45, 2.75) is 18.7 Å². The van der Waals surface area contributed by atoms with Crippen molar-refractivity contribution in [2.24, 2.45) is 0 Å². The minimum Gasteiger partial charge on any atom is -0.282 e. The Kier molecular flexibility index (Phi) is 4.26. The molecule has 0 bridgehead atoms. The maximum atomic E-state index is 11.9. The van der Waals surface area contributed by atoms with E-state index < -0.39 is 10.1 Å². The topological polar surface area (TPSA) is 54.4 Å². The second-order valence-corrected chi connectivity index (χ2v) is 7.28. The summed E-state index contributed by atoms with van der Waals surface area (Å²) < 4.78 is 33.4. The van der Waals surface area contributed by atoms with E-state index in [1.54, 1.807) is 6.07 Å². The molecule has 0 saturated heterocycles. The molecule has 4 heteroatoms. The molecule has 0 aliphatic heterocycles. The smallest absolute Gasteiger partial charge is 0.282 e. The molecule has 0 atom stereocenters. The Hall–Kier alpha value is -2.43. The highest BCUT2D eigenvalue weighted by Crippen LogP contribution is 2.37. The zero-order valence-electron chi connectivity index (χ0n) is 13.5. The molecule has 0 fully saturated rings. The molecule has 3 rings (SSSR count). The van der Waals surface area contributed by atoms with Gasteiger partial charge in [-0.2, -0.15) is 8.42 Å². The van der Waals surface area contributed by atoms with Crippen molar-refractivity contribution >= 4 is 10.1 Å². The van der Waals surface area contributed by atoms with Gasteiger partial charge in [0.15, 0.2) is 0 Å². The third kappa shape index (κ3) is 3.25. The quantitative estimate of drug-likeness (QED) is 0.692. The molecule has 122 valence electrons. The highest BCUT2D eigenvalue weighted by molar-refractivity contribution is 7.86. The van der Waals surface area contributed by atoms with Gasteiger partial charge < -0.3 is 0 Å². The summed E-state index contributed by atoms with van der Waals surface area (Å²) in [7, 11) is -4.33. The van der Waals surface area contributed by atoms with Crippen LogP contribution in [0.1, 0.15) is 11.1 Å². The van der Waals surface area contributed by atoms with E-state index in [2.05, 4.69) is 0 Å². The molecule has 0 aromatic heterocycles. The van der Waals surface area contributed by atoms with Crippen LogP contribution in [0.15, 0.2) is 71.6 Å². The Morgan fingerprint density at radius 2 is 1.21 bits per heavy atom. The van der Waals surface area contributed by atoms with Gasteiger partial charge in [-0.3, -0.25) is 4.55 Å². The van der Waals surface area contributed by atoms with Crippen molar-refractivity contribution in [1.29, 1.82) is 0 Å². The SMILES string of the molecule is Cc1ccc(-c2cccc(S(=O)(=O)O)c2-c2ccc(C)cc2)cc1. The largest absolute Gasteiger partial charge is 0.295 e. The van der Waals surface area contributed by atoms with Gasteiger partial charge in [0.1, 0.15) is 4.90 Å². The highest BCUT2D eigenvalue weighted by atomic mass is 32.2. The second kappa shape index (κ2) is 6.23. The zero-order valence-corrected chi connectivity index (χ0v) is 14.3. The monoisotopic (exact) mass is 338 g/mol. The van der Waals surface area contributed by atoms with E-state index in [1.165, 1.54) is 6.07 Å². The van der Waals surface area contributed by atoms with Crippen LogP contribution in [-0.4, -0.2) is 13.0 Å². The number of hydrogen-bond donors (Lipinski definition) is 1. The maximum absolute atomic E-state index is 11.9. The van der Waals surface area contributed by atoms with E-state index in [1.807, 2.05) is 68.4 Å². The summed E-state index contributed by atoms with van der Waals surface area (Å²) in [5, 5.41) is 0. The van der Waals surface area contributed by atoms with Crippen LogP contribution in [0, 0.1) is 13.8 Å². The molecule has 3 aromatic rings. The Morgan fingerprint density at radius 3 is 1.71 bits per heavy atom. The molecule has 0 aliphatic rings. The number of benzene rings is 3. The molecule has 0 saturated carbocycles. The molecule has 24 heavy (non-hydrogen) atoms. The third-order valence-electron chi connectivity index (χ3n) is 4.01. The lowest BCUT2D eigenvalue weighted by atomic mass is 9.93. The van der Waals surface area contributed by atoms with Crippen LogP contribution in [0.5, 0.6) is 0 Å². The van der Waals surface area contributed by atoms with Gasteiger partial charge in [-0.1, -0.05) is 71.8 Å². The van der Waals surface area contributed by atoms with Gasteiger partial charge in [-0.05, 0) is 36.6 Å². The van der Waals surface area contributed by atoms with Crippen LogP contribution in [0.4, 0.5) is 0 Å². The molecule has 3 nitrogen and oxygen atoms in total. The summed E-state index contributed by atoms with van der Waals surface area (Å²) in [4.78, 5) is -0.0792. The van der Waals surface area contributed by atoms with Crippen LogP contribution in [0.25, 0.3) is 22.3 Å². The van der Waals surface area contributed by atoms with Crippen molar-refractivity contribution in [3.63, 3.8) is 0 Å². The highest BCUT2D eigenvalue weighted by Gasteiger charge is 2.20. The third-order valence-corrected chi connectivity index (χ3v) is 4.90. The van der Waals surface area contributed by atoms with Crippen LogP contribution < -0.4 is 0 Å². The average molecular weight is 338 g/mol. The summed E-state index contributed by atoms with van der Waals surface area (Å²) in [6.45, 7) is 3.97. The predicted molar refractivity (Wildman–Crippen MR) is 96.6 cm³/mol. The van der Waals surface area contributed by atoms with Crippen molar-refractivity contribution < 1.29 is 13.0 Å². The molecule has 0 heterocycles. The lowest BCUT2D eigenvalue weighted by Crippen LogP contribution is -2.02. The first-order chi connectivity index (χ1) is 11.4. The summed E-state index contributed by atoms with van der Waals surface area (Å²) in [5.41, 5.74) is 5.16. The van der Waals surface area contributed by atoms with Crippen LogP contribution in [0.2, 0.25) is 0 Å². The van der Waals surface area contributed by atoms with Crippen molar-refractivity contribution in [2.75, 3.05) is 0 Å². The van der Waals surface area contributed by atoms with Gasteiger partial charge in [-0.15, -0.1) is 0 Å². The summed E-state index contributed by atoms with van der Waals surface area (Å²) in [6, 6.07) is 20.4. The fraction of sp³-hybridized carbons (Fsp3) is 0.100. The molecule has 1 N–H and O–H groups in total. The zero-order chi connectivity index (χ0) is 17.3. The molecule has 0 radical (unpaired) electrons. The van der Waals surface area contributed by atoms with E-state index in [0.717, 1.165) is 27.8 Å². The van der Waals surface area contributed by atoms with Gasteiger partial charge in [0, 0.05) is 5.56 Å². The van der Waals surface area contributed by atoms with Crippen molar-refractivity contribution in [3.05, 3.63) is 77.9 Å². The first-order valence-corrected chi connectivity index (χ1v) is 9.05. The molecular formula is C20H18O3S. The molecule has 0 unspecified atom stereocenters. The van der Waals surface area contributed by atoms with E-state index in [0.29, 0.717) is 5.56 Å². The van der Waals surface area contributed by atoms with E-state index >= 15 is 0 Å². The molecule has 0 aliphatic carbocycles. The fourth-order valence-electron chi connectivity index (χ4n) is 2.74. The molecular weight excluding hydrogens is 320 g/mol. The molecule has 0 amide bonds. The number of aryl methyl sites for hydroxylation is 2. The normalized spacial score (nSPS) is 11.5. The Labute approximate surface area is 142 Å². The van der Waals surface area contributed by atoms with Crippen molar-refractivity contribution in [1.82, 2.24) is 0 Å². The number of rotatable bonds is 3. The fourth-order valence-corrected chi connectivity index (χ4v) is 3.47. The minimum atomic E-state index is -4.33. The van der Waals surface area contributed by atoms with E-state index in [4.69, 9.17) is 0 Å². The van der Waals surface area contributed by atoms with Crippen LogP contribution >= 0.6 is 0 Å².